The predicted octanol–water partition coefficient (Wildman–Crippen LogP) is 1.03. The molecule has 0 aliphatic heterocycles. The standard InChI is InChI=1S/C12H13NO6/c1-18-11(14)6-8-3-4-10(13(16)17)5-9(8)7-12(15)19-2/h3-5H,6-7H2,1-2H3. The quantitative estimate of drug-likeness (QED) is 0.449. The number of nitrogens with zero attached hydrogens (tertiary/aromatic N) is 1. The van der Waals surface area contributed by atoms with Crippen LogP contribution in [-0.4, -0.2) is 31.1 Å². The van der Waals surface area contributed by atoms with E-state index in [0.717, 1.165) is 0 Å². The lowest BCUT2D eigenvalue weighted by atomic mass is 10.0. The normalized spacial score (nSPS) is 9.79. The van der Waals surface area contributed by atoms with E-state index in [-0.39, 0.29) is 18.5 Å². The van der Waals surface area contributed by atoms with Gasteiger partial charge in [0.05, 0.1) is 32.0 Å². The van der Waals surface area contributed by atoms with Crippen LogP contribution in [0.2, 0.25) is 0 Å². The summed E-state index contributed by atoms with van der Waals surface area (Å²) in [5.74, 6) is -1.02. The van der Waals surface area contributed by atoms with E-state index >= 15 is 0 Å². The maximum atomic E-state index is 11.3. The largest absolute Gasteiger partial charge is 0.469 e. The zero-order valence-electron chi connectivity index (χ0n) is 10.5. The Morgan fingerprint density at radius 2 is 1.63 bits per heavy atom. The highest BCUT2D eigenvalue weighted by Gasteiger charge is 2.16. The summed E-state index contributed by atoms with van der Waals surface area (Å²) in [7, 11) is 2.47. The fourth-order valence-electron chi connectivity index (χ4n) is 1.52. The van der Waals surface area contributed by atoms with Crippen molar-refractivity contribution < 1.29 is 24.0 Å². The van der Waals surface area contributed by atoms with Crippen LogP contribution in [0.1, 0.15) is 11.1 Å². The molecule has 7 heteroatoms. The van der Waals surface area contributed by atoms with E-state index < -0.39 is 16.9 Å². The van der Waals surface area contributed by atoms with Gasteiger partial charge >= 0.3 is 11.9 Å². The molecular weight excluding hydrogens is 254 g/mol. The molecule has 1 aromatic carbocycles. The van der Waals surface area contributed by atoms with E-state index in [2.05, 4.69) is 9.47 Å². The highest BCUT2D eigenvalue weighted by molar-refractivity contribution is 5.76. The number of non-ortho nitro benzene ring substituents is 1. The molecule has 0 heterocycles. The molecule has 0 saturated carbocycles. The van der Waals surface area contributed by atoms with E-state index in [4.69, 9.17) is 0 Å². The van der Waals surface area contributed by atoms with Crippen LogP contribution >= 0.6 is 0 Å². The lowest BCUT2D eigenvalue weighted by Crippen LogP contribution is -2.11. The molecule has 0 bridgehead atoms. The summed E-state index contributed by atoms with van der Waals surface area (Å²) in [5, 5.41) is 10.7. The first-order valence-electron chi connectivity index (χ1n) is 5.37. The van der Waals surface area contributed by atoms with Gasteiger partial charge in [-0.2, -0.15) is 0 Å². The molecule has 1 aromatic rings. The van der Waals surface area contributed by atoms with Gasteiger partial charge in [-0.05, 0) is 11.1 Å². The average Bonchev–Trinajstić information content (AvgIpc) is 2.39. The zero-order chi connectivity index (χ0) is 14.4. The maximum Gasteiger partial charge on any atom is 0.309 e. The zero-order valence-corrected chi connectivity index (χ0v) is 10.5. The number of esters is 2. The van der Waals surface area contributed by atoms with Crippen molar-refractivity contribution in [1.82, 2.24) is 0 Å². The minimum atomic E-state index is -0.567. The highest BCUT2D eigenvalue weighted by Crippen LogP contribution is 2.19. The van der Waals surface area contributed by atoms with Gasteiger partial charge in [-0.1, -0.05) is 6.07 Å². The summed E-state index contributed by atoms with van der Waals surface area (Å²) in [5.41, 5.74) is 0.738. The predicted molar refractivity (Wildman–Crippen MR) is 64.5 cm³/mol. The number of hydrogen-bond donors (Lipinski definition) is 0. The van der Waals surface area contributed by atoms with E-state index in [1.807, 2.05) is 0 Å². The Balaban J connectivity index is 3.10. The number of benzene rings is 1. The van der Waals surface area contributed by atoms with Crippen LogP contribution in [0.4, 0.5) is 5.69 Å². The van der Waals surface area contributed by atoms with Gasteiger partial charge in [0, 0.05) is 12.1 Å². The van der Waals surface area contributed by atoms with Gasteiger partial charge in [-0.25, -0.2) is 0 Å². The second kappa shape index (κ2) is 6.48. The summed E-state index contributed by atoms with van der Waals surface area (Å²) >= 11 is 0. The van der Waals surface area contributed by atoms with Gasteiger partial charge in [0.15, 0.2) is 0 Å². The lowest BCUT2D eigenvalue weighted by Gasteiger charge is -2.07. The van der Waals surface area contributed by atoms with Crippen LogP contribution in [0.5, 0.6) is 0 Å². The Morgan fingerprint density at radius 1 is 1.11 bits per heavy atom. The van der Waals surface area contributed by atoms with Gasteiger partial charge in [-0.15, -0.1) is 0 Å². The number of hydrogen-bond acceptors (Lipinski definition) is 6. The second-order valence-electron chi connectivity index (χ2n) is 3.72. The molecule has 0 aliphatic rings. The topological polar surface area (TPSA) is 95.7 Å². The molecule has 0 saturated heterocycles. The van der Waals surface area contributed by atoms with Crippen molar-refractivity contribution in [3.8, 4) is 0 Å². The van der Waals surface area contributed by atoms with Crippen LogP contribution in [0.25, 0.3) is 0 Å². The van der Waals surface area contributed by atoms with Crippen molar-refractivity contribution in [2.75, 3.05) is 14.2 Å². The fraction of sp³-hybridized carbons (Fsp3) is 0.333. The monoisotopic (exact) mass is 267 g/mol. The first-order chi connectivity index (χ1) is 8.97. The summed E-state index contributed by atoms with van der Waals surface area (Å²) in [6, 6.07) is 3.97. The molecule has 102 valence electrons. The molecule has 7 nitrogen and oxygen atoms in total. The number of nitro groups is 1. The molecule has 0 fully saturated rings. The number of nitro benzene ring substituents is 1. The number of rotatable bonds is 5. The highest BCUT2D eigenvalue weighted by atomic mass is 16.6. The van der Waals surface area contributed by atoms with Crippen molar-refractivity contribution in [3.63, 3.8) is 0 Å². The maximum absolute atomic E-state index is 11.3. The third-order valence-electron chi connectivity index (χ3n) is 2.53. The summed E-state index contributed by atoms with van der Waals surface area (Å²) in [6.45, 7) is 0. The van der Waals surface area contributed by atoms with Crippen molar-refractivity contribution in [1.29, 1.82) is 0 Å². The second-order valence-corrected chi connectivity index (χ2v) is 3.72. The molecule has 1 rings (SSSR count). The molecule has 0 radical (unpaired) electrons. The minimum Gasteiger partial charge on any atom is -0.469 e. The van der Waals surface area contributed by atoms with Gasteiger partial charge in [0.25, 0.3) is 5.69 Å². The van der Waals surface area contributed by atoms with Gasteiger partial charge < -0.3 is 9.47 Å². The Kier molecular flexibility index (Phi) is 4.99. The molecule has 0 aliphatic carbocycles. The van der Waals surface area contributed by atoms with E-state index in [1.165, 1.54) is 32.4 Å². The average molecular weight is 267 g/mol. The van der Waals surface area contributed by atoms with Gasteiger partial charge in [-0.3, -0.25) is 19.7 Å². The molecule has 0 unspecified atom stereocenters. The molecule has 0 aromatic heterocycles. The van der Waals surface area contributed by atoms with Crippen LogP contribution in [0.15, 0.2) is 18.2 Å². The van der Waals surface area contributed by atoms with Crippen LogP contribution < -0.4 is 0 Å². The molecule has 19 heavy (non-hydrogen) atoms. The van der Waals surface area contributed by atoms with Crippen LogP contribution in [0.3, 0.4) is 0 Å². The number of methoxy groups -OCH3 is 2. The fourth-order valence-corrected chi connectivity index (χ4v) is 1.52. The summed E-state index contributed by atoms with van der Waals surface area (Å²) in [4.78, 5) is 32.6. The first kappa shape index (κ1) is 14.6. The smallest absolute Gasteiger partial charge is 0.309 e. The van der Waals surface area contributed by atoms with Crippen LogP contribution in [0, 0.1) is 10.1 Å². The Labute approximate surface area is 109 Å². The molecular formula is C12H13NO6. The van der Waals surface area contributed by atoms with Crippen molar-refractivity contribution in [2.24, 2.45) is 0 Å². The third kappa shape index (κ3) is 4.06. The van der Waals surface area contributed by atoms with Crippen LogP contribution in [-0.2, 0) is 31.9 Å². The lowest BCUT2D eigenvalue weighted by molar-refractivity contribution is -0.384. The van der Waals surface area contributed by atoms with E-state index in [0.29, 0.717) is 11.1 Å². The van der Waals surface area contributed by atoms with E-state index in [1.54, 1.807) is 0 Å². The van der Waals surface area contributed by atoms with E-state index in [9.17, 15) is 19.7 Å². The Hall–Kier alpha value is -2.44. The number of carbonyl (C=O) groups is 2. The molecule has 0 spiro atoms. The Morgan fingerprint density at radius 3 is 2.11 bits per heavy atom. The number of carbonyl (C=O) groups excluding carboxylic acids is 2. The van der Waals surface area contributed by atoms with Gasteiger partial charge in [0.1, 0.15) is 0 Å². The molecule has 0 N–H and O–H groups in total. The Bertz CT molecular complexity index is 511. The van der Waals surface area contributed by atoms with Crippen molar-refractivity contribution in [3.05, 3.63) is 39.4 Å². The summed E-state index contributed by atoms with van der Waals surface area (Å²) < 4.78 is 9.04. The van der Waals surface area contributed by atoms with Crippen molar-refractivity contribution in [2.45, 2.75) is 12.8 Å². The summed E-state index contributed by atoms with van der Waals surface area (Å²) in [6.07, 6.45) is -0.189. The minimum absolute atomic E-state index is 0.0547. The first-order valence-corrected chi connectivity index (χ1v) is 5.37. The molecule has 0 atom stereocenters. The SMILES string of the molecule is COC(=O)Cc1ccc([N+](=O)[O-])cc1CC(=O)OC. The van der Waals surface area contributed by atoms with Crippen molar-refractivity contribution >= 4 is 17.6 Å². The third-order valence-corrected chi connectivity index (χ3v) is 2.53. The van der Waals surface area contributed by atoms with Gasteiger partial charge in [0.2, 0.25) is 0 Å². The number of ether oxygens (including phenoxy) is 2. The molecule has 0 amide bonds.